The van der Waals surface area contributed by atoms with Crippen molar-refractivity contribution in [2.75, 3.05) is 4.90 Å². The summed E-state index contributed by atoms with van der Waals surface area (Å²) in [4.78, 5) is 2.15. The van der Waals surface area contributed by atoms with Crippen LogP contribution in [0.5, 0.6) is 0 Å². The Hall–Kier alpha value is -5.93. The minimum absolute atomic E-state index is 0.288. The van der Waals surface area contributed by atoms with Gasteiger partial charge in [-0.05, 0) is 93.9 Å². The van der Waals surface area contributed by atoms with Crippen molar-refractivity contribution in [1.29, 1.82) is 0 Å². The van der Waals surface area contributed by atoms with Crippen LogP contribution in [0.1, 0.15) is 27.8 Å². The van der Waals surface area contributed by atoms with Gasteiger partial charge in [-0.15, -0.1) is 0 Å². The highest BCUT2D eigenvalue weighted by molar-refractivity contribution is 6.20. The van der Waals surface area contributed by atoms with Gasteiger partial charge in [0, 0.05) is 22.1 Å². The highest BCUT2D eigenvalue weighted by atomic mass is 19.1. The first-order valence-electron chi connectivity index (χ1n) is 16.0. The maximum absolute atomic E-state index is 15.0. The van der Waals surface area contributed by atoms with Crippen molar-refractivity contribution < 1.29 is 8.81 Å². The molecule has 0 saturated heterocycles. The van der Waals surface area contributed by atoms with E-state index in [1.54, 1.807) is 12.1 Å². The first kappa shape index (κ1) is 26.3. The zero-order valence-electron chi connectivity index (χ0n) is 25.7. The Kier molecular flexibility index (Phi) is 5.34. The molecule has 10 rings (SSSR count). The van der Waals surface area contributed by atoms with Crippen molar-refractivity contribution in [1.82, 2.24) is 0 Å². The van der Waals surface area contributed by atoms with E-state index in [1.807, 2.05) is 18.2 Å². The zero-order chi connectivity index (χ0) is 31.3. The standard InChI is InChI=1S/C44H28FNO/c1-27-21-23-29(24-22-27)46(30-12-10-11-28(45)25-30)39-26-38-41(42-34-16-5-9-20-40(34)47-43(39)42)33-15-4-8-19-37(33)44(38)35-17-6-2-13-31(35)32-14-3-7-18-36(32)44/h2-26H,1H3. The van der Waals surface area contributed by atoms with Gasteiger partial charge in [0.1, 0.15) is 11.4 Å². The first-order valence-corrected chi connectivity index (χ1v) is 16.0. The summed E-state index contributed by atoms with van der Waals surface area (Å²) in [7, 11) is 0. The molecular weight excluding hydrogens is 577 g/mol. The third kappa shape index (κ3) is 3.43. The summed E-state index contributed by atoms with van der Waals surface area (Å²) in [6, 6.07) is 52.4. The Labute approximate surface area is 272 Å². The number of nitrogens with zero attached hydrogens (tertiary/aromatic N) is 1. The van der Waals surface area contributed by atoms with Crippen molar-refractivity contribution in [2.45, 2.75) is 12.3 Å². The lowest BCUT2D eigenvalue weighted by Gasteiger charge is -2.32. The molecule has 1 heterocycles. The molecular formula is C44H28FNO. The molecule has 1 aromatic heterocycles. The second-order valence-corrected chi connectivity index (χ2v) is 12.7. The highest BCUT2D eigenvalue weighted by Gasteiger charge is 2.52. The Morgan fingerprint density at radius 2 is 1.17 bits per heavy atom. The summed E-state index contributed by atoms with van der Waals surface area (Å²) < 4.78 is 21.9. The topological polar surface area (TPSA) is 16.4 Å². The lowest BCUT2D eigenvalue weighted by Crippen LogP contribution is -2.26. The molecule has 0 unspecified atom stereocenters. The van der Waals surface area contributed by atoms with Crippen molar-refractivity contribution in [3.05, 3.63) is 185 Å². The van der Waals surface area contributed by atoms with Gasteiger partial charge in [0.05, 0.1) is 11.1 Å². The maximum Gasteiger partial charge on any atom is 0.160 e. The molecule has 2 aliphatic carbocycles. The van der Waals surface area contributed by atoms with Gasteiger partial charge in [0.2, 0.25) is 0 Å². The summed E-state index contributed by atoms with van der Waals surface area (Å²) in [6.07, 6.45) is 0. The van der Waals surface area contributed by atoms with Gasteiger partial charge in [0.25, 0.3) is 0 Å². The average molecular weight is 606 g/mol. The van der Waals surface area contributed by atoms with E-state index in [-0.39, 0.29) is 5.82 Å². The SMILES string of the molecule is Cc1ccc(N(c2cccc(F)c2)c2cc3c(c4c2oc2ccccc24)-c2ccccc2C32c3ccccc3-c3ccccc32)cc1. The van der Waals surface area contributed by atoms with Gasteiger partial charge < -0.3 is 9.32 Å². The minimum atomic E-state index is -0.540. The number of para-hydroxylation sites is 1. The molecule has 8 aromatic rings. The van der Waals surface area contributed by atoms with Crippen LogP contribution >= 0.6 is 0 Å². The molecule has 2 aliphatic rings. The molecule has 0 fully saturated rings. The molecule has 0 aliphatic heterocycles. The monoisotopic (exact) mass is 605 g/mol. The van der Waals surface area contributed by atoms with Crippen LogP contribution in [0, 0.1) is 12.7 Å². The number of fused-ring (bicyclic) bond motifs is 14. The molecule has 0 N–H and O–H groups in total. The van der Waals surface area contributed by atoms with Crippen molar-refractivity contribution in [2.24, 2.45) is 0 Å². The van der Waals surface area contributed by atoms with Gasteiger partial charge in [-0.1, -0.05) is 115 Å². The number of halogens is 1. The summed E-state index contributed by atoms with van der Waals surface area (Å²) >= 11 is 0. The molecule has 1 spiro atoms. The Morgan fingerprint density at radius 3 is 1.87 bits per heavy atom. The lowest BCUT2D eigenvalue weighted by atomic mass is 9.70. The van der Waals surface area contributed by atoms with Gasteiger partial charge in [-0.2, -0.15) is 0 Å². The summed E-state index contributed by atoms with van der Waals surface area (Å²) in [5.74, 6) is -0.288. The molecule has 0 saturated carbocycles. The van der Waals surface area contributed by atoms with Crippen LogP contribution in [-0.4, -0.2) is 0 Å². The van der Waals surface area contributed by atoms with Crippen molar-refractivity contribution in [3.63, 3.8) is 0 Å². The molecule has 0 bridgehead atoms. The zero-order valence-corrected chi connectivity index (χ0v) is 25.7. The number of hydrogen-bond acceptors (Lipinski definition) is 2. The lowest BCUT2D eigenvalue weighted by molar-refractivity contribution is 0.628. The van der Waals surface area contributed by atoms with Crippen LogP contribution < -0.4 is 4.90 Å². The first-order chi connectivity index (χ1) is 23.1. The summed E-state index contributed by atoms with van der Waals surface area (Å²) in [6.45, 7) is 2.08. The fourth-order valence-corrected chi connectivity index (χ4v) is 8.35. The fourth-order valence-electron chi connectivity index (χ4n) is 8.35. The largest absolute Gasteiger partial charge is 0.454 e. The Balaban J connectivity index is 1.42. The van der Waals surface area contributed by atoms with Crippen LogP contribution in [0.4, 0.5) is 21.5 Å². The van der Waals surface area contributed by atoms with E-state index in [9.17, 15) is 0 Å². The number of rotatable bonds is 3. The third-order valence-corrected chi connectivity index (χ3v) is 10.2. The third-order valence-electron chi connectivity index (χ3n) is 10.2. The van der Waals surface area contributed by atoms with E-state index in [0.717, 1.165) is 44.6 Å². The molecule has 222 valence electrons. The van der Waals surface area contributed by atoms with Gasteiger partial charge in [0.15, 0.2) is 5.58 Å². The van der Waals surface area contributed by atoms with Gasteiger partial charge in [-0.25, -0.2) is 4.39 Å². The number of furan rings is 1. The van der Waals surface area contributed by atoms with Crippen LogP contribution in [0.25, 0.3) is 44.2 Å². The second-order valence-electron chi connectivity index (χ2n) is 12.7. The van der Waals surface area contributed by atoms with E-state index >= 15 is 4.39 Å². The smallest absolute Gasteiger partial charge is 0.160 e. The predicted octanol–water partition coefficient (Wildman–Crippen LogP) is 11.8. The normalized spacial score (nSPS) is 13.5. The molecule has 2 nitrogen and oxygen atoms in total. The van der Waals surface area contributed by atoms with Crippen LogP contribution in [-0.2, 0) is 5.41 Å². The molecule has 7 aromatic carbocycles. The average Bonchev–Trinajstić information content (AvgIpc) is 3.74. The quantitative estimate of drug-likeness (QED) is 0.199. The predicted molar refractivity (Wildman–Crippen MR) is 189 cm³/mol. The van der Waals surface area contributed by atoms with Gasteiger partial charge >= 0.3 is 0 Å². The van der Waals surface area contributed by atoms with Gasteiger partial charge in [-0.3, -0.25) is 0 Å². The minimum Gasteiger partial charge on any atom is -0.454 e. The van der Waals surface area contributed by atoms with Crippen LogP contribution in [0.2, 0.25) is 0 Å². The maximum atomic E-state index is 15.0. The summed E-state index contributed by atoms with van der Waals surface area (Å²) in [5, 5.41) is 2.14. The van der Waals surface area contributed by atoms with E-state index < -0.39 is 5.41 Å². The molecule has 0 atom stereocenters. The molecule has 0 amide bonds. The van der Waals surface area contributed by atoms with Crippen LogP contribution in [0.3, 0.4) is 0 Å². The number of aryl methyl sites for hydroxylation is 1. The van der Waals surface area contributed by atoms with E-state index in [1.165, 1.54) is 50.6 Å². The van der Waals surface area contributed by atoms with Crippen molar-refractivity contribution in [3.8, 4) is 22.3 Å². The summed E-state index contributed by atoms with van der Waals surface area (Å²) in [5.41, 5.74) is 14.7. The molecule has 3 heteroatoms. The van der Waals surface area contributed by atoms with E-state index in [2.05, 4.69) is 127 Å². The number of hydrogen-bond donors (Lipinski definition) is 0. The Bertz CT molecular complexity index is 2510. The van der Waals surface area contributed by atoms with E-state index in [0.29, 0.717) is 0 Å². The number of anilines is 3. The van der Waals surface area contributed by atoms with E-state index in [4.69, 9.17) is 4.42 Å². The highest BCUT2D eigenvalue weighted by Crippen LogP contribution is 2.65. The van der Waals surface area contributed by atoms with Crippen LogP contribution in [0.15, 0.2) is 156 Å². The number of benzene rings is 7. The van der Waals surface area contributed by atoms with Crippen molar-refractivity contribution >= 4 is 39.0 Å². The molecule has 47 heavy (non-hydrogen) atoms. The second kappa shape index (κ2) is 9.54. The fraction of sp³-hybridized carbons (Fsp3) is 0.0455. The molecule has 0 radical (unpaired) electrons. The Morgan fingerprint density at radius 1 is 0.553 bits per heavy atom.